The third-order valence-electron chi connectivity index (χ3n) is 1.81. The van der Waals surface area contributed by atoms with Gasteiger partial charge in [0.1, 0.15) is 6.42 Å². The van der Waals surface area contributed by atoms with E-state index in [1.54, 1.807) is 6.08 Å². The fourth-order valence-corrected chi connectivity index (χ4v) is 0.957. The smallest absolute Gasteiger partial charge is 0.229 e. The third-order valence-corrected chi connectivity index (χ3v) is 1.81. The summed E-state index contributed by atoms with van der Waals surface area (Å²) >= 11 is 0. The molecule has 2 amide bonds. The van der Waals surface area contributed by atoms with E-state index in [4.69, 9.17) is 0 Å². The molecule has 0 aromatic rings. The molecule has 4 heteroatoms. The van der Waals surface area contributed by atoms with Crippen molar-refractivity contribution >= 4 is 11.8 Å². The van der Waals surface area contributed by atoms with Crippen molar-refractivity contribution in [2.45, 2.75) is 26.7 Å². The predicted molar refractivity (Wildman–Crippen MR) is 60.3 cm³/mol. The van der Waals surface area contributed by atoms with Gasteiger partial charge in [0.15, 0.2) is 0 Å². The highest BCUT2D eigenvalue weighted by molar-refractivity contribution is 5.96. The average molecular weight is 212 g/mol. The number of nitrogens with one attached hydrogen (secondary N) is 2. The summed E-state index contributed by atoms with van der Waals surface area (Å²) in [5.41, 5.74) is 0. The fraction of sp³-hybridized carbons (Fsp3) is 0.636. The standard InChI is InChI=1S/C11H20N2O2/c1-4-6-12-10(14)8-11(15)13-7-5-9(2)3/h4,9H,1,5-8H2,2-3H3,(H,12,14)(H,13,15). The minimum absolute atomic E-state index is 0.105. The van der Waals surface area contributed by atoms with E-state index in [1.807, 2.05) is 0 Å². The molecular formula is C11H20N2O2. The van der Waals surface area contributed by atoms with Crippen molar-refractivity contribution in [3.63, 3.8) is 0 Å². The van der Waals surface area contributed by atoms with Crippen molar-refractivity contribution < 1.29 is 9.59 Å². The second-order valence-corrected chi connectivity index (χ2v) is 3.80. The monoisotopic (exact) mass is 212 g/mol. The molecule has 0 aliphatic rings. The van der Waals surface area contributed by atoms with Crippen molar-refractivity contribution in [2.24, 2.45) is 5.92 Å². The number of rotatable bonds is 7. The molecule has 0 fully saturated rings. The van der Waals surface area contributed by atoms with Gasteiger partial charge in [-0.3, -0.25) is 9.59 Å². The number of hydrogen-bond acceptors (Lipinski definition) is 2. The zero-order valence-corrected chi connectivity index (χ0v) is 9.51. The summed E-state index contributed by atoms with van der Waals surface area (Å²) in [4.78, 5) is 22.3. The van der Waals surface area contributed by atoms with Gasteiger partial charge < -0.3 is 10.6 Å². The maximum absolute atomic E-state index is 11.2. The first kappa shape index (κ1) is 13.7. The van der Waals surface area contributed by atoms with Crippen LogP contribution in [0.2, 0.25) is 0 Å². The van der Waals surface area contributed by atoms with E-state index < -0.39 is 0 Å². The van der Waals surface area contributed by atoms with Crippen LogP contribution in [0.25, 0.3) is 0 Å². The predicted octanol–water partition coefficient (Wildman–Crippen LogP) is 0.841. The van der Waals surface area contributed by atoms with Crippen LogP contribution in [-0.4, -0.2) is 24.9 Å². The van der Waals surface area contributed by atoms with Crippen molar-refractivity contribution in [1.29, 1.82) is 0 Å². The highest BCUT2D eigenvalue weighted by Crippen LogP contribution is 1.96. The highest BCUT2D eigenvalue weighted by atomic mass is 16.2. The van der Waals surface area contributed by atoms with Crippen LogP contribution in [0.3, 0.4) is 0 Å². The van der Waals surface area contributed by atoms with E-state index in [-0.39, 0.29) is 18.2 Å². The van der Waals surface area contributed by atoms with Crippen LogP contribution in [0.1, 0.15) is 26.7 Å². The third kappa shape index (κ3) is 9.00. The van der Waals surface area contributed by atoms with Crippen LogP contribution in [0.5, 0.6) is 0 Å². The fourth-order valence-electron chi connectivity index (χ4n) is 0.957. The van der Waals surface area contributed by atoms with E-state index >= 15 is 0 Å². The molecule has 86 valence electrons. The van der Waals surface area contributed by atoms with Crippen LogP contribution in [0, 0.1) is 5.92 Å². The quantitative estimate of drug-likeness (QED) is 0.485. The molecular weight excluding hydrogens is 192 g/mol. The zero-order chi connectivity index (χ0) is 11.7. The molecule has 0 aromatic carbocycles. The summed E-state index contributed by atoms with van der Waals surface area (Å²) in [6.07, 6.45) is 2.40. The molecule has 0 radical (unpaired) electrons. The summed E-state index contributed by atoms with van der Waals surface area (Å²) in [6.45, 7) is 8.67. The molecule has 0 saturated heterocycles. The maximum atomic E-state index is 11.2. The zero-order valence-electron chi connectivity index (χ0n) is 9.51. The lowest BCUT2D eigenvalue weighted by Gasteiger charge is -2.06. The van der Waals surface area contributed by atoms with Crippen LogP contribution >= 0.6 is 0 Å². The number of hydrogen-bond donors (Lipinski definition) is 2. The Hall–Kier alpha value is -1.32. The summed E-state index contributed by atoms with van der Waals surface area (Å²) in [5, 5.41) is 5.24. The van der Waals surface area contributed by atoms with Gasteiger partial charge in [0, 0.05) is 13.1 Å². The molecule has 0 saturated carbocycles. The molecule has 0 aliphatic heterocycles. The number of carbonyl (C=O) groups is 2. The van der Waals surface area contributed by atoms with Crippen LogP contribution in [0.15, 0.2) is 12.7 Å². The van der Waals surface area contributed by atoms with Gasteiger partial charge in [-0.1, -0.05) is 19.9 Å². The SMILES string of the molecule is C=CCNC(=O)CC(=O)NCCC(C)C. The van der Waals surface area contributed by atoms with Crippen molar-refractivity contribution in [3.8, 4) is 0 Å². The minimum Gasteiger partial charge on any atom is -0.356 e. The summed E-state index contributed by atoms with van der Waals surface area (Å²) < 4.78 is 0. The molecule has 0 spiro atoms. The Balaban J connectivity index is 3.55. The lowest BCUT2D eigenvalue weighted by atomic mass is 10.1. The Morgan fingerprint density at radius 1 is 1.27 bits per heavy atom. The Labute approximate surface area is 91.1 Å². The van der Waals surface area contributed by atoms with Gasteiger partial charge in [-0.15, -0.1) is 6.58 Å². The molecule has 0 unspecified atom stereocenters. The molecule has 15 heavy (non-hydrogen) atoms. The lowest BCUT2D eigenvalue weighted by Crippen LogP contribution is -2.32. The average Bonchev–Trinajstić information content (AvgIpc) is 2.14. The molecule has 0 aliphatic carbocycles. The van der Waals surface area contributed by atoms with Crippen molar-refractivity contribution in [2.75, 3.05) is 13.1 Å². The Morgan fingerprint density at radius 3 is 2.40 bits per heavy atom. The summed E-state index contributed by atoms with van der Waals surface area (Å²) in [6, 6.07) is 0. The molecule has 4 nitrogen and oxygen atoms in total. The van der Waals surface area contributed by atoms with Gasteiger partial charge in [-0.2, -0.15) is 0 Å². The topological polar surface area (TPSA) is 58.2 Å². The van der Waals surface area contributed by atoms with Crippen LogP contribution in [0.4, 0.5) is 0 Å². The van der Waals surface area contributed by atoms with E-state index in [1.165, 1.54) is 0 Å². The van der Waals surface area contributed by atoms with Gasteiger partial charge in [-0.25, -0.2) is 0 Å². The van der Waals surface area contributed by atoms with E-state index in [0.717, 1.165) is 6.42 Å². The Bertz CT molecular complexity index is 225. The largest absolute Gasteiger partial charge is 0.356 e. The van der Waals surface area contributed by atoms with Crippen molar-refractivity contribution in [3.05, 3.63) is 12.7 Å². The van der Waals surface area contributed by atoms with E-state index in [0.29, 0.717) is 19.0 Å². The first-order valence-corrected chi connectivity index (χ1v) is 5.20. The summed E-state index contributed by atoms with van der Waals surface area (Å²) in [5.74, 6) is 0.0639. The van der Waals surface area contributed by atoms with Gasteiger partial charge in [0.25, 0.3) is 0 Å². The number of carbonyl (C=O) groups excluding carboxylic acids is 2. The highest BCUT2D eigenvalue weighted by Gasteiger charge is 2.07. The molecule has 0 bridgehead atoms. The van der Waals surface area contributed by atoms with Gasteiger partial charge >= 0.3 is 0 Å². The normalized spacial score (nSPS) is 9.80. The second kappa shape index (κ2) is 8.03. The van der Waals surface area contributed by atoms with Gasteiger partial charge in [0.2, 0.25) is 11.8 Å². The first-order chi connectivity index (χ1) is 7.06. The molecule has 0 heterocycles. The van der Waals surface area contributed by atoms with Gasteiger partial charge in [0.05, 0.1) is 0 Å². The molecule has 0 atom stereocenters. The van der Waals surface area contributed by atoms with Crippen LogP contribution in [-0.2, 0) is 9.59 Å². The van der Waals surface area contributed by atoms with Crippen LogP contribution < -0.4 is 10.6 Å². The molecule has 2 N–H and O–H groups in total. The molecule has 0 aromatic heterocycles. The Kier molecular flexibility index (Phi) is 7.32. The maximum Gasteiger partial charge on any atom is 0.229 e. The van der Waals surface area contributed by atoms with E-state index in [2.05, 4.69) is 31.1 Å². The minimum atomic E-state index is -0.267. The first-order valence-electron chi connectivity index (χ1n) is 5.20. The van der Waals surface area contributed by atoms with Gasteiger partial charge in [-0.05, 0) is 12.3 Å². The Morgan fingerprint density at radius 2 is 1.87 bits per heavy atom. The number of amides is 2. The van der Waals surface area contributed by atoms with Crippen molar-refractivity contribution in [1.82, 2.24) is 10.6 Å². The van der Waals surface area contributed by atoms with E-state index in [9.17, 15) is 9.59 Å². The lowest BCUT2D eigenvalue weighted by molar-refractivity contribution is -0.129. The molecule has 0 rings (SSSR count). The second-order valence-electron chi connectivity index (χ2n) is 3.80. The summed E-state index contributed by atoms with van der Waals surface area (Å²) in [7, 11) is 0.